The molecule has 1 aromatic rings. The molecule has 0 aromatic heterocycles. The molecule has 1 aliphatic heterocycles. The summed E-state index contributed by atoms with van der Waals surface area (Å²) in [5.74, 6) is -5.10. The van der Waals surface area contributed by atoms with Gasteiger partial charge < -0.3 is 0 Å². The van der Waals surface area contributed by atoms with E-state index in [0.29, 0.717) is 4.90 Å². The summed E-state index contributed by atoms with van der Waals surface area (Å²) in [6.07, 6.45) is 3.13. The summed E-state index contributed by atoms with van der Waals surface area (Å²) in [6.45, 7) is 2.64. The Kier molecular flexibility index (Phi) is 5.08. The number of carbonyl (C=O) groups is 4. The third-order valence-corrected chi connectivity index (χ3v) is 3.66. The number of anilines is 1. The molecule has 1 aromatic carbocycles. The molecule has 1 saturated heterocycles. The van der Waals surface area contributed by atoms with Crippen molar-refractivity contribution in [2.24, 2.45) is 5.92 Å². The lowest BCUT2D eigenvalue weighted by molar-refractivity contribution is -0.145. The van der Waals surface area contributed by atoms with Crippen LogP contribution in [0.15, 0.2) is 30.4 Å². The molecule has 0 N–H and O–H groups in total. The Morgan fingerprint density at radius 3 is 2.56 bits per heavy atom. The summed E-state index contributed by atoms with van der Waals surface area (Å²) >= 11 is 0. The molecule has 0 spiro atoms. The van der Waals surface area contributed by atoms with Gasteiger partial charge in [0.25, 0.3) is 11.8 Å². The molecule has 1 fully saturated rings. The van der Waals surface area contributed by atoms with Crippen LogP contribution in [0.2, 0.25) is 0 Å². The molecule has 7 nitrogen and oxygen atoms in total. The maximum Gasteiger partial charge on any atom is 0.338 e. The first-order valence-corrected chi connectivity index (χ1v) is 7.34. The van der Waals surface area contributed by atoms with Gasteiger partial charge >= 0.3 is 6.03 Å². The summed E-state index contributed by atoms with van der Waals surface area (Å²) in [5, 5.41) is 8.92. The lowest BCUT2D eigenvalue weighted by Crippen LogP contribution is -2.61. The number of nitriles is 1. The Bertz CT molecular complexity index is 841. The third kappa shape index (κ3) is 3.17. The number of rotatable bonds is 4. The number of carbonyl (C=O) groups excluding carboxylic acids is 4. The van der Waals surface area contributed by atoms with E-state index in [-0.39, 0.29) is 17.8 Å². The number of urea groups is 1. The number of hydrogen-bond acceptors (Lipinski definition) is 5. The zero-order chi connectivity index (χ0) is 18.7. The first-order chi connectivity index (χ1) is 11.8. The standard InChI is InChI=1S/C17H14FN3O4/c1-3-4-7-20-15(23)14(10(2)22)16(24)21(17(20)25)12-5-6-13(18)11(8-12)9-19/h3-6,8,14H,7H2,1-2H3. The molecule has 1 aliphatic rings. The number of imide groups is 2. The summed E-state index contributed by atoms with van der Waals surface area (Å²) in [4.78, 5) is 50.6. The highest BCUT2D eigenvalue weighted by atomic mass is 19.1. The molecule has 8 heteroatoms. The fourth-order valence-electron chi connectivity index (χ4n) is 2.40. The predicted octanol–water partition coefficient (Wildman–Crippen LogP) is 1.77. The monoisotopic (exact) mass is 343 g/mol. The Morgan fingerprint density at radius 1 is 1.32 bits per heavy atom. The normalized spacial score (nSPS) is 18.0. The molecule has 4 amide bonds. The quantitative estimate of drug-likeness (QED) is 0.613. The number of nitrogens with zero attached hydrogens (tertiary/aromatic N) is 3. The first kappa shape index (κ1) is 18.0. The summed E-state index contributed by atoms with van der Waals surface area (Å²) in [6, 6.07) is 3.74. The number of Topliss-reactive ketones (excluding diaryl/α,β-unsaturated/α-hetero) is 1. The Balaban J connectivity index is 2.56. The number of ketones is 1. The topological polar surface area (TPSA) is 98.6 Å². The predicted molar refractivity (Wildman–Crippen MR) is 84.7 cm³/mol. The summed E-state index contributed by atoms with van der Waals surface area (Å²) in [5.41, 5.74) is -0.452. The highest BCUT2D eigenvalue weighted by Crippen LogP contribution is 2.27. The van der Waals surface area contributed by atoms with Crippen molar-refractivity contribution in [3.05, 3.63) is 41.7 Å². The van der Waals surface area contributed by atoms with Crippen molar-refractivity contribution in [2.75, 3.05) is 11.4 Å². The highest BCUT2D eigenvalue weighted by molar-refractivity contribution is 6.34. The van der Waals surface area contributed by atoms with Gasteiger partial charge in [-0.15, -0.1) is 0 Å². The van der Waals surface area contributed by atoms with E-state index < -0.39 is 35.4 Å². The van der Waals surface area contributed by atoms with Gasteiger partial charge in [-0.1, -0.05) is 12.2 Å². The van der Waals surface area contributed by atoms with Gasteiger partial charge in [-0.05, 0) is 32.0 Å². The minimum absolute atomic E-state index is 0.0859. The van der Waals surface area contributed by atoms with Crippen molar-refractivity contribution in [2.45, 2.75) is 13.8 Å². The van der Waals surface area contributed by atoms with Gasteiger partial charge in [0, 0.05) is 6.54 Å². The van der Waals surface area contributed by atoms with Gasteiger partial charge in [-0.3, -0.25) is 19.3 Å². The zero-order valence-corrected chi connectivity index (χ0v) is 13.5. The Morgan fingerprint density at radius 2 is 2.00 bits per heavy atom. The number of benzene rings is 1. The highest BCUT2D eigenvalue weighted by Gasteiger charge is 2.48. The van der Waals surface area contributed by atoms with E-state index in [0.717, 1.165) is 30.0 Å². The molecular formula is C17H14FN3O4. The van der Waals surface area contributed by atoms with Gasteiger partial charge in [0.05, 0.1) is 11.3 Å². The van der Waals surface area contributed by atoms with Crippen molar-refractivity contribution in [3.63, 3.8) is 0 Å². The second-order valence-electron chi connectivity index (χ2n) is 5.29. The SMILES string of the molecule is CC=CCN1C(=O)C(C(C)=O)C(=O)N(c2ccc(F)c(C#N)c2)C1=O. The van der Waals surface area contributed by atoms with Crippen molar-refractivity contribution in [1.82, 2.24) is 4.90 Å². The summed E-state index contributed by atoms with van der Waals surface area (Å²) < 4.78 is 13.5. The van der Waals surface area contributed by atoms with Gasteiger partial charge in [0.1, 0.15) is 11.9 Å². The van der Waals surface area contributed by atoms with Crippen LogP contribution in [0.25, 0.3) is 0 Å². The lowest BCUT2D eigenvalue weighted by atomic mass is 9.98. The Labute approximate surface area is 142 Å². The van der Waals surface area contributed by atoms with Gasteiger partial charge in [0.15, 0.2) is 11.7 Å². The van der Waals surface area contributed by atoms with Crippen LogP contribution in [0, 0.1) is 23.1 Å². The fraction of sp³-hybridized carbons (Fsp3) is 0.235. The van der Waals surface area contributed by atoms with Crippen LogP contribution in [0.3, 0.4) is 0 Å². The van der Waals surface area contributed by atoms with E-state index >= 15 is 0 Å². The van der Waals surface area contributed by atoms with Crippen molar-refractivity contribution >= 4 is 29.3 Å². The molecule has 0 bridgehead atoms. The molecule has 25 heavy (non-hydrogen) atoms. The van der Waals surface area contributed by atoms with Crippen LogP contribution in [0.4, 0.5) is 14.9 Å². The van der Waals surface area contributed by atoms with Crippen LogP contribution in [0.1, 0.15) is 19.4 Å². The minimum atomic E-state index is -1.65. The first-order valence-electron chi connectivity index (χ1n) is 7.34. The molecule has 1 unspecified atom stereocenters. The average molecular weight is 343 g/mol. The maximum absolute atomic E-state index is 13.5. The van der Waals surface area contributed by atoms with Crippen LogP contribution in [0.5, 0.6) is 0 Å². The zero-order valence-electron chi connectivity index (χ0n) is 13.5. The van der Waals surface area contributed by atoms with E-state index in [1.807, 2.05) is 0 Å². The minimum Gasteiger partial charge on any atom is -0.299 e. The summed E-state index contributed by atoms with van der Waals surface area (Å²) in [7, 11) is 0. The maximum atomic E-state index is 13.5. The van der Waals surface area contributed by atoms with Crippen LogP contribution >= 0.6 is 0 Å². The van der Waals surface area contributed by atoms with E-state index in [2.05, 4.69) is 0 Å². The molecule has 2 rings (SSSR count). The lowest BCUT2D eigenvalue weighted by Gasteiger charge is -2.35. The average Bonchev–Trinajstić information content (AvgIpc) is 2.55. The van der Waals surface area contributed by atoms with Gasteiger partial charge in [-0.2, -0.15) is 5.26 Å². The molecule has 128 valence electrons. The third-order valence-electron chi connectivity index (χ3n) is 3.66. The van der Waals surface area contributed by atoms with E-state index in [4.69, 9.17) is 5.26 Å². The second kappa shape index (κ2) is 7.05. The van der Waals surface area contributed by atoms with Crippen LogP contribution in [-0.2, 0) is 14.4 Å². The van der Waals surface area contributed by atoms with E-state index in [9.17, 15) is 23.6 Å². The van der Waals surface area contributed by atoms with E-state index in [1.165, 1.54) is 6.08 Å². The number of barbiturate groups is 1. The molecule has 1 atom stereocenters. The van der Waals surface area contributed by atoms with Crippen molar-refractivity contribution < 1.29 is 23.6 Å². The number of allylic oxidation sites excluding steroid dienone is 1. The number of hydrogen-bond donors (Lipinski definition) is 0. The number of halogens is 1. The molecule has 0 saturated carbocycles. The van der Waals surface area contributed by atoms with Crippen LogP contribution < -0.4 is 4.90 Å². The Hall–Kier alpha value is -3.34. The largest absolute Gasteiger partial charge is 0.338 e. The number of amides is 4. The van der Waals surface area contributed by atoms with Crippen LogP contribution in [-0.4, -0.2) is 35.1 Å². The smallest absolute Gasteiger partial charge is 0.299 e. The second-order valence-corrected chi connectivity index (χ2v) is 5.29. The fourth-order valence-corrected chi connectivity index (χ4v) is 2.40. The molecule has 1 heterocycles. The molecular weight excluding hydrogens is 329 g/mol. The van der Waals surface area contributed by atoms with E-state index in [1.54, 1.807) is 19.1 Å². The van der Waals surface area contributed by atoms with Gasteiger partial charge in [-0.25, -0.2) is 14.1 Å². The molecule has 0 radical (unpaired) electrons. The van der Waals surface area contributed by atoms with Crippen molar-refractivity contribution in [3.8, 4) is 6.07 Å². The van der Waals surface area contributed by atoms with Crippen molar-refractivity contribution in [1.29, 1.82) is 5.26 Å². The van der Waals surface area contributed by atoms with Gasteiger partial charge in [0.2, 0.25) is 0 Å². The molecule has 0 aliphatic carbocycles.